The summed E-state index contributed by atoms with van der Waals surface area (Å²) >= 11 is 6.04. The molecule has 0 unspecified atom stereocenters. The first-order valence-corrected chi connectivity index (χ1v) is 10.6. The van der Waals surface area contributed by atoms with Crippen molar-refractivity contribution in [1.82, 2.24) is 10.2 Å². The zero-order valence-electron chi connectivity index (χ0n) is 16.6. The van der Waals surface area contributed by atoms with Gasteiger partial charge in [0.25, 0.3) is 0 Å². The van der Waals surface area contributed by atoms with Crippen LogP contribution in [0.4, 0.5) is 13.2 Å². The van der Waals surface area contributed by atoms with Gasteiger partial charge >= 0.3 is 12.1 Å². The number of alkyl halides is 3. The molecule has 29 heavy (non-hydrogen) atoms. The van der Waals surface area contributed by atoms with Gasteiger partial charge in [0.1, 0.15) is 0 Å². The highest BCUT2D eigenvalue weighted by atomic mass is 35.5. The van der Waals surface area contributed by atoms with Crippen LogP contribution in [0.3, 0.4) is 0 Å². The smallest absolute Gasteiger partial charge is 0.475 e. The molecule has 1 saturated carbocycles. The topological polar surface area (TPSA) is 52.6 Å². The van der Waals surface area contributed by atoms with Gasteiger partial charge in [-0.1, -0.05) is 43.0 Å². The van der Waals surface area contributed by atoms with E-state index in [1.165, 1.54) is 70.1 Å². The Morgan fingerprint density at radius 1 is 1.14 bits per heavy atom. The molecular formula is C21H30ClF3N2O2. The number of likely N-dealkylation sites (tertiary alicyclic amines) is 1. The van der Waals surface area contributed by atoms with Gasteiger partial charge in [0.05, 0.1) is 0 Å². The van der Waals surface area contributed by atoms with Crippen LogP contribution >= 0.6 is 11.6 Å². The minimum absolute atomic E-state index is 0.668. The van der Waals surface area contributed by atoms with Crippen LogP contribution in [-0.2, 0) is 11.3 Å². The van der Waals surface area contributed by atoms with Crippen molar-refractivity contribution in [3.63, 3.8) is 0 Å². The summed E-state index contributed by atoms with van der Waals surface area (Å²) in [6, 6.07) is 8.85. The van der Waals surface area contributed by atoms with Crippen molar-refractivity contribution in [1.29, 1.82) is 0 Å². The van der Waals surface area contributed by atoms with Gasteiger partial charge in [-0.3, -0.25) is 0 Å². The van der Waals surface area contributed by atoms with Gasteiger partial charge in [-0.05, 0) is 62.4 Å². The van der Waals surface area contributed by atoms with E-state index in [-0.39, 0.29) is 0 Å². The van der Waals surface area contributed by atoms with Crippen LogP contribution in [0.15, 0.2) is 24.3 Å². The van der Waals surface area contributed by atoms with E-state index >= 15 is 0 Å². The van der Waals surface area contributed by atoms with Gasteiger partial charge in [0.15, 0.2) is 0 Å². The molecule has 2 aliphatic rings. The molecule has 3 rings (SSSR count). The number of piperidine rings is 1. The second-order valence-electron chi connectivity index (χ2n) is 7.89. The average Bonchev–Trinajstić information content (AvgIpc) is 2.68. The third kappa shape index (κ3) is 9.36. The largest absolute Gasteiger partial charge is 0.490 e. The van der Waals surface area contributed by atoms with E-state index in [0.717, 1.165) is 17.5 Å². The first-order valence-electron chi connectivity index (χ1n) is 10.2. The number of rotatable bonds is 5. The lowest BCUT2D eigenvalue weighted by molar-refractivity contribution is -0.192. The number of carboxylic acids is 1. The predicted octanol–water partition coefficient (Wildman–Crippen LogP) is 5.11. The molecule has 164 valence electrons. The lowest BCUT2D eigenvalue weighted by Gasteiger charge is -2.35. The maximum absolute atomic E-state index is 10.6. The van der Waals surface area contributed by atoms with Crippen LogP contribution in [-0.4, -0.2) is 47.8 Å². The number of hydrogen-bond acceptors (Lipinski definition) is 3. The highest BCUT2D eigenvalue weighted by Gasteiger charge is 2.38. The molecule has 0 amide bonds. The summed E-state index contributed by atoms with van der Waals surface area (Å²) in [6.07, 6.45) is 4.80. The van der Waals surface area contributed by atoms with Gasteiger partial charge in [-0.15, -0.1) is 0 Å². The van der Waals surface area contributed by atoms with E-state index in [4.69, 9.17) is 21.5 Å². The Labute approximate surface area is 175 Å². The molecule has 4 nitrogen and oxygen atoms in total. The molecule has 0 atom stereocenters. The quantitative estimate of drug-likeness (QED) is 0.676. The van der Waals surface area contributed by atoms with Crippen molar-refractivity contribution in [2.45, 2.75) is 63.7 Å². The normalized spacial score (nSPS) is 19.4. The molecule has 1 aliphatic heterocycles. The van der Waals surface area contributed by atoms with E-state index in [1.807, 2.05) is 12.1 Å². The van der Waals surface area contributed by atoms with Gasteiger partial charge in [0.2, 0.25) is 0 Å². The minimum Gasteiger partial charge on any atom is -0.475 e. The van der Waals surface area contributed by atoms with E-state index in [1.54, 1.807) is 0 Å². The van der Waals surface area contributed by atoms with Crippen LogP contribution in [0.25, 0.3) is 0 Å². The van der Waals surface area contributed by atoms with Crippen molar-refractivity contribution in [2.75, 3.05) is 19.6 Å². The summed E-state index contributed by atoms with van der Waals surface area (Å²) in [5, 5.41) is 11.7. The van der Waals surface area contributed by atoms with Gasteiger partial charge < -0.3 is 15.3 Å². The first kappa shape index (κ1) is 24.0. The lowest BCUT2D eigenvalue weighted by atomic mass is 9.88. The Morgan fingerprint density at radius 2 is 1.76 bits per heavy atom. The SMILES string of the molecule is Clc1cccc(CNC2CCN(CC3CCCCC3)CC2)c1.O=C(O)C(F)(F)F. The number of carboxylic acid groups (broad SMARTS) is 1. The summed E-state index contributed by atoms with van der Waals surface area (Å²) in [5.74, 6) is -1.78. The first-order chi connectivity index (χ1) is 13.7. The fourth-order valence-electron chi connectivity index (χ4n) is 3.96. The molecular weight excluding hydrogens is 405 g/mol. The highest BCUT2D eigenvalue weighted by Crippen LogP contribution is 2.25. The highest BCUT2D eigenvalue weighted by molar-refractivity contribution is 6.30. The molecule has 1 heterocycles. The number of carbonyl (C=O) groups is 1. The molecule has 0 aromatic heterocycles. The molecule has 0 spiro atoms. The van der Waals surface area contributed by atoms with Crippen LogP contribution < -0.4 is 5.32 Å². The second-order valence-corrected chi connectivity index (χ2v) is 8.33. The zero-order valence-corrected chi connectivity index (χ0v) is 17.3. The molecule has 1 aromatic rings. The minimum atomic E-state index is -5.08. The van der Waals surface area contributed by atoms with Crippen molar-refractivity contribution in [3.05, 3.63) is 34.9 Å². The van der Waals surface area contributed by atoms with Gasteiger partial charge in [-0.25, -0.2) is 4.79 Å². The lowest BCUT2D eigenvalue weighted by Crippen LogP contribution is -2.44. The summed E-state index contributed by atoms with van der Waals surface area (Å²) in [6.45, 7) is 4.82. The monoisotopic (exact) mass is 434 g/mol. The predicted molar refractivity (Wildman–Crippen MR) is 108 cm³/mol. The fraction of sp³-hybridized carbons (Fsp3) is 0.667. The molecule has 2 N–H and O–H groups in total. The van der Waals surface area contributed by atoms with Gasteiger partial charge in [0, 0.05) is 24.2 Å². The number of hydrogen-bond donors (Lipinski definition) is 2. The van der Waals surface area contributed by atoms with Crippen LogP contribution in [0, 0.1) is 5.92 Å². The zero-order chi connectivity index (χ0) is 21.3. The Bertz CT molecular complexity index is 629. The van der Waals surface area contributed by atoms with E-state index in [0.29, 0.717) is 6.04 Å². The Morgan fingerprint density at radius 3 is 2.31 bits per heavy atom. The van der Waals surface area contributed by atoms with Gasteiger partial charge in [-0.2, -0.15) is 13.2 Å². The third-order valence-corrected chi connectivity index (χ3v) is 5.79. The van der Waals surface area contributed by atoms with Crippen molar-refractivity contribution < 1.29 is 23.1 Å². The maximum Gasteiger partial charge on any atom is 0.490 e. The number of halogens is 4. The molecule has 2 fully saturated rings. The molecule has 1 aromatic carbocycles. The molecule has 1 aliphatic carbocycles. The molecule has 0 bridgehead atoms. The summed E-state index contributed by atoms with van der Waals surface area (Å²) in [5.41, 5.74) is 1.29. The van der Waals surface area contributed by atoms with Crippen molar-refractivity contribution >= 4 is 17.6 Å². The number of nitrogens with one attached hydrogen (secondary N) is 1. The summed E-state index contributed by atoms with van der Waals surface area (Å²) in [7, 11) is 0. The maximum atomic E-state index is 10.6. The summed E-state index contributed by atoms with van der Waals surface area (Å²) < 4.78 is 31.7. The van der Waals surface area contributed by atoms with E-state index < -0.39 is 12.1 Å². The van der Waals surface area contributed by atoms with Crippen molar-refractivity contribution in [2.24, 2.45) is 5.92 Å². The number of nitrogens with zero attached hydrogens (tertiary/aromatic N) is 1. The van der Waals surface area contributed by atoms with Crippen LogP contribution in [0.2, 0.25) is 5.02 Å². The Hall–Kier alpha value is -1.31. The molecule has 8 heteroatoms. The number of aliphatic carboxylic acids is 1. The average molecular weight is 435 g/mol. The van der Waals surface area contributed by atoms with E-state index in [9.17, 15) is 13.2 Å². The van der Waals surface area contributed by atoms with E-state index in [2.05, 4.69) is 22.3 Å². The summed E-state index contributed by atoms with van der Waals surface area (Å²) in [4.78, 5) is 11.6. The van der Waals surface area contributed by atoms with Crippen LogP contribution in [0.1, 0.15) is 50.5 Å². The Balaban J connectivity index is 0.000000370. The fourth-order valence-corrected chi connectivity index (χ4v) is 4.18. The second kappa shape index (κ2) is 11.8. The third-order valence-electron chi connectivity index (χ3n) is 5.56. The molecule has 0 radical (unpaired) electrons. The Kier molecular flexibility index (Phi) is 9.72. The standard InChI is InChI=1S/C19H29ClN2.C2HF3O2/c20-18-8-4-7-17(13-18)14-21-19-9-11-22(12-10-19)15-16-5-2-1-3-6-16;3-2(4,5)1(6)7/h4,7-8,13,16,19,21H,1-3,5-6,9-12,14-15H2;(H,6,7). The molecule has 1 saturated heterocycles. The van der Waals surface area contributed by atoms with Crippen LogP contribution in [0.5, 0.6) is 0 Å². The number of benzene rings is 1. The van der Waals surface area contributed by atoms with Crippen molar-refractivity contribution in [3.8, 4) is 0 Å².